The Kier molecular flexibility index (Phi) is 11.3. The Balaban J connectivity index is 4.13. The van der Waals surface area contributed by atoms with Crippen molar-refractivity contribution >= 4 is 11.8 Å². The van der Waals surface area contributed by atoms with E-state index in [1.54, 1.807) is 0 Å². The first-order valence-electron chi connectivity index (χ1n) is 6.47. The summed E-state index contributed by atoms with van der Waals surface area (Å²) in [4.78, 5) is 0. The van der Waals surface area contributed by atoms with Crippen LogP contribution in [0.25, 0.3) is 0 Å². The van der Waals surface area contributed by atoms with Crippen molar-refractivity contribution in [2.24, 2.45) is 0 Å². The van der Waals surface area contributed by atoms with Crippen molar-refractivity contribution < 1.29 is 0 Å². The minimum absolute atomic E-state index is 0.675. The van der Waals surface area contributed by atoms with E-state index in [2.05, 4.69) is 70.2 Å². The molecule has 0 aromatic carbocycles. The summed E-state index contributed by atoms with van der Waals surface area (Å²) in [5.74, 6) is 1.19. The summed E-state index contributed by atoms with van der Waals surface area (Å²) < 4.78 is 0. The Labute approximate surface area is 112 Å². The van der Waals surface area contributed by atoms with Gasteiger partial charge in [0.2, 0.25) is 0 Å². The highest BCUT2D eigenvalue weighted by Gasteiger charge is 2.01. The van der Waals surface area contributed by atoms with Crippen molar-refractivity contribution in [3.8, 4) is 0 Å². The molecule has 0 aromatic heterocycles. The van der Waals surface area contributed by atoms with Gasteiger partial charge < -0.3 is 0 Å². The summed E-state index contributed by atoms with van der Waals surface area (Å²) in [5, 5.41) is 0.675. The molecule has 0 fully saturated rings. The molecule has 0 nitrogen and oxygen atoms in total. The van der Waals surface area contributed by atoms with Gasteiger partial charge in [-0.2, -0.15) is 11.8 Å². The molecule has 0 N–H and O–H groups in total. The summed E-state index contributed by atoms with van der Waals surface area (Å²) in [6.45, 7) is 8.48. The maximum atomic E-state index is 2.30. The molecule has 0 heterocycles. The SMILES string of the molecule is CC=CC(CC)SCCC(/C=C\C)=C/C=C\C. The fourth-order valence-electron chi connectivity index (χ4n) is 1.51. The van der Waals surface area contributed by atoms with Gasteiger partial charge in [0.15, 0.2) is 0 Å². The third kappa shape index (κ3) is 9.05. The van der Waals surface area contributed by atoms with Gasteiger partial charge in [-0.3, -0.25) is 0 Å². The highest BCUT2D eigenvalue weighted by molar-refractivity contribution is 8.00. The zero-order valence-corrected chi connectivity index (χ0v) is 12.5. The molecule has 0 saturated heterocycles. The van der Waals surface area contributed by atoms with Crippen LogP contribution in [0.1, 0.15) is 40.5 Å². The second-order valence-corrected chi connectivity index (χ2v) is 5.21. The Hall–Kier alpha value is -0.690. The van der Waals surface area contributed by atoms with Crippen LogP contribution in [-0.4, -0.2) is 11.0 Å². The molecule has 0 bridgehead atoms. The topological polar surface area (TPSA) is 0 Å². The van der Waals surface area contributed by atoms with E-state index in [1.165, 1.54) is 17.7 Å². The van der Waals surface area contributed by atoms with Crippen LogP contribution in [0.2, 0.25) is 0 Å². The first-order chi connectivity index (χ1) is 8.28. The maximum absolute atomic E-state index is 2.30. The van der Waals surface area contributed by atoms with Crippen molar-refractivity contribution in [3.05, 3.63) is 48.1 Å². The summed E-state index contributed by atoms with van der Waals surface area (Å²) in [6.07, 6.45) is 17.5. The van der Waals surface area contributed by atoms with Gasteiger partial charge in [0.25, 0.3) is 0 Å². The number of allylic oxidation sites excluding steroid dienone is 7. The van der Waals surface area contributed by atoms with Crippen LogP contribution in [0.5, 0.6) is 0 Å². The average molecular weight is 250 g/mol. The van der Waals surface area contributed by atoms with Crippen LogP contribution in [0.4, 0.5) is 0 Å². The lowest BCUT2D eigenvalue weighted by molar-refractivity contribution is 0.971. The molecule has 0 radical (unpaired) electrons. The van der Waals surface area contributed by atoms with Crippen LogP contribution in [-0.2, 0) is 0 Å². The van der Waals surface area contributed by atoms with Gasteiger partial charge in [0.05, 0.1) is 0 Å². The van der Waals surface area contributed by atoms with Gasteiger partial charge in [-0.05, 0) is 44.9 Å². The molecule has 1 heteroatoms. The standard InChI is InChI=1S/C16H26S/c1-5-9-12-15(10-6-2)13-14-17-16(8-4)11-7-3/h5-7,9-12,16H,8,13-14H2,1-4H3/b9-5-,10-6-,11-7?,15-12+. The highest BCUT2D eigenvalue weighted by atomic mass is 32.2. The number of hydrogen-bond donors (Lipinski definition) is 0. The summed E-state index contributed by atoms with van der Waals surface area (Å²) in [6, 6.07) is 0. The molecule has 1 unspecified atom stereocenters. The van der Waals surface area contributed by atoms with Crippen molar-refractivity contribution in [1.29, 1.82) is 0 Å². The molecule has 0 rings (SSSR count). The second-order valence-electron chi connectivity index (χ2n) is 3.86. The molecule has 1 atom stereocenters. The van der Waals surface area contributed by atoms with Gasteiger partial charge in [-0.25, -0.2) is 0 Å². The molecule has 0 saturated carbocycles. The molecule has 0 aliphatic rings. The fraction of sp³-hybridized carbons (Fsp3) is 0.500. The van der Waals surface area contributed by atoms with Gasteiger partial charge >= 0.3 is 0 Å². The summed E-state index contributed by atoms with van der Waals surface area (Å²) in [7, 11) is 0. The third-order valence-corrected chi connectivity index (χ3v) is 3.77. The second kappa shape index (κ2) is 11.8. The highest BCUT2D eigenvalue weighted by Crippen LogP contribution is 2.19. The van der Waals surface area contributed by atoms with Crippen LogP contribution in [0.3, 0.4) is 0 Å². The summed E-state index contributed by atoms with van der Waals surface area (Å²) >= 11 is 2.05. The lowest BCUT2D eigenvalue weighted by Crippen LogP contribution is -1.97. The molecule has 17 heavy (non-hydrogen) atoms. The molecule has 0 amide bonds. The summed E-state index contributed by atoms with van der Waals surface area (Å²) in [5.41, 5.74) is 1.41. The molecular formula is C16H26S. The van der Waals surface area contributed by atoms with Crippen molar-refractivity contribution in [2.75, 3.05) is 5.75 Å². The van der Waals surface area contributed by atoms with E-state index in [-0.39, 0.29) is 0 Å². The Morgan fingerprint density at radius 3 is 2.41 bits per heavy atom. The van der Waals surface area contributed by atoms with Crippen LogP contribution in [0.15, 0.2) is 48.1 Å². The van der Waals surface area contributed by atoms with Gasteiger partial charge in [-0.1, -0.05) is 49.5 Å². The van der Waals surface area contributed by atoms with E-state index in [4.69, 9.17) is 0 Å². The monoisotopic (exact) mass is 250 g/mol. The number of thioether (sulfide) groups is 1. The predicted octanol–water partition coefficient (Wildman–Crippen LogP) is 5.54. The zero-order chi connectivity index (χ0) is 12.9. The van der Waals surface area contributed by atoms with E-state index in [9.17, 15) is 0 Å². The Bertz CT molecular complexity index is 282. The smallest absolute Gasteiger partial charge is 0.0224 e. The van der Waals surface area contributed by atoms with Crippen LogP contribution >= 0.6 is 11.8 Å². The Morgan fingerprint density at radius 2 is 1.88 bits per heavy atom. The average Bonchev–Trinajstić information content (AvgIpc) is 2.34. The van der Waals surface area contributed by atoms with Gasteiger partial charge in [0, 0.05) is 5.25 Å². The van der Waals surface area contributed by atoms with E-state index < -0.39 is 0 Å². The molecule has 0 spiro atoms. The molecule has 0 aliphatic heterocycles. The largest absolute Gasteiger partial charge is 0.154 e. The van der Waals surface area contributed by atoms with Crippen molar-refractivity contribution in [2.45, 2.75) is 45.8 Å². The molecular weight excluding hydrogens is 224 g/mol. The first-order valence-corrected chi connectivity index (χ1v) is 7.52. The van der Waals surface area contributed by atoms with Crippen molar-refractivity contribution in [3.63, 3.8) is 0 Å². The quantitative estimate of drug-likeness (QED) is 0.402. The molecule has 0 aromatic rings. The molecule has 96 valence electrons. The van der Waals surface area contributed by atoms with E-state index in [1.807, 2.05) is 11.8 Å². The van der Waals surface area contributed by atoms with Gasteiger partial charge in [-0.15, -0.1) is 0 Å². The fourth-order valence-corrected chi connectivity index (χ4v) is 2.67. The minimum atomic E-state index is 0.675. The predicted molar refractivity (Wildman–Crippen MR) is 83.7 cm³/mol. The van der Waals surface area contributed by atoms with E-state index in [0.717, 1.165) is 6.42 Å². The zero-order valence-electron chi connectivity index (χ0n) is 11.6. The van der Waals surface area contributed by atoms with Crippen molar-refractivity contribution in [1.82, 2.24) is 0 Å². The van der Waals surface area contributed by atoms with E-state index >= 15 is 0 Å². The van der Waals surface area contributed by atoms with Gasteiger partial charge in [0.1, 0.15) is 0 Å². The number of hydrogen-bond acceptors (Lipinski definition) is 1. The first kappa shape index (κ1) is 16.3. The lowest BCUT2D eigenvalue weighted by Gasteiger charge is -2.09. The molecule has 0 aliphatic carbocycles. The normalized spacial score (nSPS) is 15.4. The van der Waals surface area contributed by atoms with Crippen LogP contribution < -0.4 is 0 Å². The third-order valence-electron chi connectivity index (χ3n) is 2.42. The minimum Gasteiger partial charge on any atom is -0.154 e. The maximum Gasteiger partial charge on any atom is 0.0224 e. The van der Waals surface area contributed by atoms with E-state index in [0.29, 0.717) is 5.25 Å². The Morgan fingerprint density at radius 1 is 1.12 bits per heavy atom. The lowest BCUT2D eigenvalue weighted by atomic mass is 10.2. The van der Waals surface area contributed by atoms with Crippen LogP contribution in [0, 0.1) is 0 Å². The number of rotatable bonds is 8.